The van der Waals surface area contributed by atoms with Crippen LogP contribution in [0.25, 0.3) is 0 Å². The van der Waals surface area contributed by atoms with Crippen LogP contribution in [0, 0.1) is 0 Å². The average Bonchev–Trinajstić information content (AvgIpc) is 2.83. The number of carbonyl (C=O) groups excluding carboxylic acids is 2. The lowest BCUT2D eigenvalue weighted by atomic mass is 9.99. The van der Waals surface area contributed by atoms with Gasteiger partial charge in [0, 0.05) is 41.9 Å². The maximum Gasteiger partial charge on any atom is 0.338 e. The maximum absolute atomic E-state index is 13.6. The number of ketones is 1. The smallest absolute Gasteiger partial charge is 0.338 e. The molecule has 1 N–H and O–H groups in total. The highest BCUT2D eigenvalue weighted by molar-refractivity contribution is 6.39. The van der Waals surface area contributed by atoms with Crippen molar-refractivity contribution in [2.24, 2.45) is 0 Å². The summed E-state index contributed by atoms with van der Waals surface area (Å²) >= 11 is 18.4. The third-order valence-corrected chi connectivity index (χ3v) is 6.30. The zero-order valence-electron chi connectivity index (χ0n) is 17.1. The molecule has 0 saturated heterocycles. The predicted octanol–water partition coefficient (Wildman–Crippen LogP) is 5.12. The van der Waals surface area contributed by atoms with E-state index in [2.05, 4.69) is 4.98 Å². The number of hydrogen-bond donors (Lipinski definition) is 1. The van der Waals surface area contributed by atoms with Crippen LogP contribution in [0.5, 0.6) is 0 Å². The van der Waals surface area contributed by atoms with Crippen LogP contribution in [0.15, 0.2) is 54.7 Å². The second-order valence-corrected chi connectivity index (χ2v) is 8.91. The molecule has 0 fully saturated rings. The van der Waals surface area contributed by atoms with E-state index in [0.717, 1.165) is 0 Å². The van der Waals surface area contributed by atoms with Gasteiger partial charge in [-0.1, -0.05) is 40.9 Å². The fourth-order valence-electron chi connectivity index (χ4n) is 3.93. The first-order valence-corrected chi connectivity index (χ1v) is 11.1. The van der Waals surface area contributed by atoms with E-state index in [0.29, 0.717) is 27.4 Å². The number of halogens is 3. The molecule has 2 heterocycles. The van der Waals surface area contributed by atoms with Crippen molar-refractivity contribution < 1.29 is 19.5 Å². The Bertz CT molecular complexity index is 1240. The Balaban J connectivity index is 1.78. The average molecular weight is 504 g/mol. The van der Waals surface area contributed by atoms with Gasteiger partial charge in [-0.3, -0.25) is 14.6 Å². The fourth-order valence-corrected chi connectivity index (χ4v) is 4.82. The van der Waals surface area contributed by atoms with Gasteiger partial charge in [-0.25, -0.2) is 4.79 Å². The van der Waals surface area contributed by atoms with Crippen molar-refractivity contribution in [2.75, 3.05) is 0 Å². The highest BCUT2D eigenvalue weighted by atomic mass is 35.5. The Morgan fingerprint density at radius 2 is 1.79 bits per heavy atom. The number of fused-ring (bicyclic) bond motifs is 1. The molecule has 33 heavy (non-hydrogen) atoms. The molecule has 2 aromatic carbocycles. The first-order valence-electron chi connectivity index (χ1n) is 9.98. The number of carboxylic acids is 1. The van der Waals surface area contributed by atoms with Gasteiger partial charge >= 0.3 is 5.97 Å². The predicted molar refractivity (Wildman–Crippen MR) is 125 cm³/mol. The zero-order chi connectivity index (χ0) is 23.7. The molecule has 1 aliphatic rings. The van der Waals surface area contributed by atoms with Crippen LogP contribution in [-0.4, -0.2) is 38.7 Å². The molecule has 9 heteroatoms. The molecule has 1 atom stereocenters. The molecule has 1 aliphatic heterocycles. The van der Waals surface area contributed by atoms with Crippen LogP contribution in [0.3, 0.4) is 0 Å². The monoisotopic (exact) mass is 502 g/mol. The van der Waals surface area contributed by atoms with E-state index < -0.39 is 12.0 Å². The van der Waals surface area contributed by atoms with Crippen LogP contribution in [0.1, 0.15) is 37.5 Å². The van der Waals surface area contributed by atoms with E-state index in [1.54, 1.807) is 36.5 Å². The van der Waals surface area contributed by atoms with Crippen molar-refractivity contribution in [2.45, 2.75) is 25.4 Å². The molecule has 0 saturated carbocycles. The Morgan fingerprint density at radius 1 is 1.06 bits per heavy atom. The number of carbonyl (C=O) groups is 3. The number of nitrogens with zero attached hydrogens (tertiary/aromatic N) is 2. The lowest BCUT2D eigenvalue weighted by Crippen LogP contribution is -2.45. The van der Waals surface area contributed by atoms with E-state index >= 15 is 0 Å². The Labute approximate surface area is 204 Å². The summed E-state index contributed by atoms with van der Waals surface area (Å²) in [7, 11) is 0. The number of pyridine rings is 1. The number of aromatic carboxylic acids is 1. The summed E-state index contributed by atoms with van der Waals surface area (Å²) in [5, 5.41) is 9.65. The second kappa shape index (κ2) is 9.51. The summed E-state index contributed by atoms with van der Waals surface area (Å²) in [4.78, 5) is 44.1. The van der Waals surface area contributed by atoms with E-state index in [9.17, 15) is 19.5 Å². The summed E-state index contributed by atoms with van der Waals surface area (Å²) in [5.74, 6) is -1.76. The minimum absolute atomic E-state index is 0.00345. The molecule has 168 valence electrons. The number of benzene rings is 2. The Kier molecular flexibility index (Phi) is 6.70. The fraction of sp³-hybridized carbons (Fsp3) is 0.167. The minimum atomic E-state index is -1.25. The number of rotatable bonds is 5. The van der Waals surface area contributed by atoms with Gasteiger partial charge < -0.3 is 10.0 Å². The number of hydrogen-bond acceptors (Lipinski definition) is 4. The van der Waals surface area contributed by atoms with Crippen molar-refractivity contribution in [3.05, 3.63) is 97.7 Å². The number of carboxylic acid groups (broad SMARTS) is 1. The molecular weight excluding hydrogens is 487 g/mol. The van der Waals surface area contributed by atoms with Gasteiger partial charge in [0.25, 0.3) is 5.91 Å². The largest absolute Gasteiger partial charge is 0.478 e. The molecular formula is C24H17Cl3N2O4. The SMILES string of the molecule is O=C(O)c1c(Cl)cc(CN2C(=O)c3ccc(Cl)cc3CC(=O)[C@H]2Cc2ccccn2)cc1Cl. The molecule has 4 rings (SSSR count). The van der Waals surface area contributed by atoms with Gasteiger partial charge in [-0.2, -0.15) is 0 Å². The standard InChI is InChI=1S/C24H17Cl3N2O4/c25-15-4-5-17-14(9-15)10-21(30)20(11-16-3-1-2-6-28-16)29(23(17)31)12-13-7-18(26)22(24(32)33)19(27)8-13/h1-9,20H,10-12H2,(H,32,33)/t20-/m1/s1. The van der Waals surface area contributed by atoms with E-state index in [4.69, 9.17) is 34.8 Å². The van der Waals surface area contributed by atoms with Crippen molar-refractivity contribution in [3.63, 3.8) is 0 Å². The van der Waals surface area contributed by atoms with Crippen LogP contribution in [0.2, 0.25) is 15.1 Å². The van der Waals surface area contributed by atoms with E-state index in [-0.39, 0.29) is 46.7 Å². The van der Waals surface area contributed by atoms with Crippen molar-refractivity contribution >= 4 is 52.5 Å². The number of amides is 1. The molecule has 3 aromatic rings. The second-order valence-electron chi connectivity index (χ2n) is 7.66. The summed E-state index contributed by atoms with van der Waals surface area (Å²) in [6.45, 7) is 0.00345. The third-order valence-electron chi connectivity index (χ3n) is 5.47. The maximum atomic E-state index is 13.6. The summed E-state index contributed by atoms with van der Waals surface area (Å²) in [6.07, 6.45) is 1.90. The van der Waals surface area contributed by atoms with Gasteiger partial charge in [0.15, 0.2) is 5.78 Å². The highest BCUT2D eigenvalue weighted by Crippen LogP contribution is 2.30. The molecule has 0 aliphatic carbocycles. The zero-order valence-corrected chi connectivity index (χ0v) is 19.4. The van der Waals surface area contributed by atoms with Crippen LogP contribution >= 0.6 is 34.8 Å². The molecule has 0 radical (unpaired) electrons. The summed E-state index contributed by atoms with van der Waals surface area (Å²) < 4.78 is 0. The van der Waals surface area contributed by atoms with Crippen LogP contribution < -0.4 is 0 Å². The van der Waals surface area contributed by atoms with Gasteiger partial charge in [-0.15, -0.1) is 0 Å². The van der Waals surface area contributed by atoms with Crippen molar-refractivity contribution in [1.82, 2.24) is 9.88 Å². The number of Topliss-reactive ketones (excluding diaryl/α,β-unsaturated/α-hetero) is 1. The molecule has 0 spiro atoms. The summed E-state index contributed by atoms with van der Waals surface area (Å²) in [6, 6.07) is 12.3. The van der Waals surface area contributed by atoms with Crippen LogP contribution in [0.4, 0.5) is 0 Å². The normalized spacial score (nSPS) is 15.8. The summed E-state index contributed by atoms with van der Waals surface area (Å²) in [5.41, 5.74) is 1.89. The minimum Gasteiger partial charge on any atom is -0.478 e. The lowest BCUT2D eigenvalue weighted by molar-refractivity contribution is -0.122. The van der Waals surface area contributed by atoms with Crippen LogP contribution in [-0.2, 0) is 24.2 Å². The van der Waals surface area contributed by atoms with Crippen molar-refractivity contribution in [1.29, 1.82) is 0 Å². The van der Waals surface area contributed by atoms with Gasteiger partial charge in [0.1, 0.15) is 0 Å². The molecule has 6 nitrogen and oxygen atoms in total. The lowest BCUT2D eigenvalue weighted by Gasteiger charge is -2.29. The topological polar surface area (TPSA) is 87.6 Å². The quantitative estimate of drug-likeness (QED) is 0.522. The molecule has 0 unspecified atom stereocenters. The molecule has 0 bridgehead atoms. The van der Waals surface area contributed by atoms with Gasteiger partial charge in [0.05, 0.1) is 21.7 Å². The third kappa shape index (κ3) is 4.88. The highest BCUT2D eigenvalue weighted by Gasteiger charge is 2.36. The Hall–Kier alpha value is -2.93. The van der Waals surface area contributed by atoms with Gasteiger partial charge in [0.2, 0.25) is 0 Å². The molecule has 1 amide bonds. The first-order chi connectivity index (χ1) is 15.7. The molecule has 1 aromatic heterocycles. The van der Waals surface area contributed by atoms with E-state index in [1.807, 2.05) is 6.07 Å². The first kappa shape index (κ1) is 23.2. The van der Waals surface area contributed by atoms with Gasteiger partial charge in [-0.05, 0) is 53.6 Å². The van der Waals surface area contributed by atoms with E-state index in [1.165, 1.54) is 17.0 Å². The number of aromatic nitrogens is 1. The van der Waals surface area contributed by atoms with Crippen molar-refractivity contribution in [3.8, 4) is 0 Å². The Morgan fingerprint density at radius 3 is 2.42 bits per heavy atom.